The Morgan fingerprint density at radius 1 is 0.943 bits per heavy atom. The summed E-state index contributed by atoms with van der Waals surface area (Å²) >= 11 is 0. The molecule has 182 valence electrons. The summed E-state index contributed by atoms with van der Waals surface area (Å²) in [4.78, 5) is 21.9. The number of ether oxygens (including phenoxy) is 1. The van der Waals surface area contributed by atoms with Crippen LogP contribution < -0.4 is 10.2 Å². The Morgan fingerprint density at radius 2 is 1.69 bits per heavy atom. The van der Waals surface area contributed by atoms with E-state index in [-0.39, 0.29) is 5.91 Å². The molecule has 0 unspecified atom stereocenters. The smallest absolute Gasteiger partial charge is 0.243 e. The highest BCUT2D eigenvalue weighted by Gasteiger charge is 2.15. The number of hydrogen-bond donors (Lipinski definition) is 1. The molecule has 1 heterocycles. The van der Waals surface area contributed by atoms with Gasteiger partial charge >= 0.3 is 0 Å². The van der Waals surface area contributed by atoms with Crippen molar-refractivity contribution in [2.45, 2.75) is 39.5 Å². The molecule has 6 heteroatoms. The highest BCUT2D eigenvalue weighted by atomic mass is 16.6. The highest BCUT2D eigenvalue weighted by molar-refractivity contribution is 5.84. The van der Waals surface area contributed by atoms with E-state index in [2.05, 4.69) is 40.4 Å². The quantitative estimate of drug-likeness (QED) is 0.194. The van der Waals surface area contributed by atoms with E-state index in [9.17, 15) is 4.79 Å². The van der Waals surface area contributed by atoms with Gasteiger partial charge in [-0.1, -0.05) is 62.4 Å². The number of unbranched alkanes of at least 4 members (excludes halogenated alkanes) is 2. The summed E-state index contributed by atoms with van der Waals surface area (Å²) in [6, 6.07) is 26.5. The number of imidazole rings is 1. The van der Waals surface area contributed by atoms with Crippen LogP contribution in [0, 0.1) is 5.92 Å². The van der Waals surface area contributed by atoms with Crippen LogP contribution in [-0.2, 0) is 9.63 Å². The number of hydrogen-bond acceptors (Lipinski definition) is 4. The van der Waals surface area contributed by atoms with Gasteiger partial charge in [-0.2, -0.15) is 0 Å². The molecule has 0 atom stereocenters. The van der Waals surface area contributed by atoms with Crippen LogP contribution in [-0.4, -0.2) is 28.7 Å². The number of rotatable bonds is 12. The molecule has 6 nitrogen and oxygen atoms in total. The highest BCUT2D eigenvalue weighted by Crippen LogP contribution is 2.30. The van der Waals surface area contributed by atoms with Crippen molar-refractivity contribution in [1.82, 2.24) is 15.0 Å². The molecule has 0 saturated heterocycles. The van der Waals surface area contributed by atoms with Gasteiger partial charge < -0.3 is 4.74 Å². The predicted octanol–water partition coefficient (Wildman–Crippen LogP) is 6.34. The second-order valence-electron chi connectivity index (χ2n) is 9.01. The minimum atomic E-state index is -0.0691. The molecule has 4 aromatic rings. The lowest BCUT2D eigenvalue weighted by atomic mass is 10.2. The molecule has 0 aliphatic heterocycles. The number of hydroxylamine groups is 1. The first-order valence-electron chi connectivity index (χ1n) is 12.3. The van der Waals surface area contributed by atoms with Crippen molar-refractivity contribution in [3.05, 3.63) is 78.9 Å². The van der Waals surface area contributed by atoms with Gasteiger partial charge in [0.1, 0.15) is 11.6 Å². The standard InChI is InChI=1S/C29H33N3O3/c1-22(2)21-35-31-28(33)16-10-5-11-19-34-25-17-18-26-27(20-25)32(24-14-8-4-9-15-24)29(30-26)23-12-6-3-7-13-23/h3-4,6-9,12-15,17-18,20,22H,5,10-11,16,19,21H2,1-2H3,(H,31,33). The van der Waals surface area contributed by atoms with E-state index < -0.39 is 0 Å². The molecule has 1 aromatic heterocycles. The van der Waals surface area contributed by atoms with Crippen molar-refractivity contribution >= 4 is 16.9 Å². The lowest BCUT2D eigenvalue weighted by Crippen LogP contribution is -2.25. The van der Waals surface area contributed by atoms with E-state index in [1.807, 2.05) is 62.4 Å². The van der Waals surface area contributed by atoms with Gasteiger partial charge in [-0.15, -0.1) is 0 Å². The van der Waals surface area contributed by atoms with Gasteiger partial charge in [-0.05, 0) is 49.4 Å². The summed E-state index contributed by atoms with van der Waals surface area (Å²) in [5.74, 6) is 2.04. The molecule has 35 heavy (non-hydrogen) atoms. The van der Waals surface area contributed by atoms with E-state index in [0.717, 1.165) is 53.1 Å². The molecular weight excluding hydrogens is 438 g/mol. The zero-order valence-electron chi connectivity index (χ0n) is 20.4. The van der Waals surface area contributed by atoms with E-state index in [4.69, 9.17) is 14.6 Å². The average Bonchev–Trinajstić information content (AvgIpc) is 3.26. The molecule has 0 fully saturated rings. The fourth-order valence-corrected chi connectivity index (χ4v) is 3.86. The van der Waals surface area contributed by atoms with E-state index in [0.29, 0.717) is 25.6 Å². The van der Waals surface area contributed by atoms with Crippen LogP contribution >= 0.6 is 0 Å². The maximum absolute atomic E-state index is 11.8. The minimum absolute atomic E-state index is 0.0691. The maximum Gasteiger partial charge on any atom is 0.243 e. The number of nitrogens with zero attached hydrogens (tertiary/aromatic N) is 2. The monoisotopic (exact) mass is 471 g/mol. The number of carbonyl (C=O) groups is 1. The third-order valence-corrected chi connectivity index (χ3v) is 5.59. The molecule has 0 radical (unpaired) electrons. The van der Waals surface area contributed by atoms with Crippen LogP contribution in [0.5, 0.6) is 5.75 Å². The Labute approximate surface area is 206 Å². The summed E-state index contributed by atoms with van der Waals surface area (Å²) in [6.07, 6.45) is 3.06. The zero-order valence-corrected chi connectivity index (χ0v) is 20.4. The SMILES string of the molecule is CC(C)CONC(=O)CCCCCOc1ccc2nc(-c3ccccc3)n(-c3ccccc3)c2c1. The van der Waals surface area contributed by atoms with Gasteiger partial charge in [-0.25, -0.2) is 10.5 Å². The van der Waals surface area contributed by atoms with Gasteiger partial charge in [-0.3, -0.25) is 14.2 Å². The second-order valence-corrected chi connectivity index (χ2v) is 9.01. The fraction of sp³-hybridized carbons (Fsp3) is 0.310. The average molecular weight is 472 g/mol. The summed E-state index contributed by atoms with van der Waals surface area (Å²) in [5, 5.41) is 0. The van der Waals surface area contributed by atoms with Crippen molar-refractivity contribution < 1.29 is 14.4 Å². The first kappa shape index (κ1) is 24.5. The summed E-state index contributed by atoms with van der Waals surface area (Å²) in [5.41, 5.74) is 6.55. The Hall–Kier alpha value is -3.64. The van der Waals surface area contributed by atoms with Crippen molar-refractivity contribution in [3.63, 3.8) is 0 Å². The Balaban J connectivity index is 1.38. The molecule has 0 bridgehead atoms. The number of para-hydroxylation sites is 1. The largest absolute Gasteiger partial charge is 0.494 e. The lowest BCUT2D eigenvalue weighted by Gasteiger charge is -2.11. The molecule has 0 saturated carbocycles. The van der Waals surface area contributed by atoms with Crippen LogP contribution in [0.1, 0.15) is 39.5 Å². The van der Waals surface area contributed by atoms with Gasteiger partial charge in [0.25, 0.3) is 0 Å². The Bertz CT molecular complexity index is 1220. The summed E-state index contributed by atoms with van der Waals surface area (Å²) in [6.45, 7) is 5.21. The first-order valence-corrected chi connectivity index (χ1v) is 12.3. The molecule has 0 aliphatic rings. The van der Waals surface area contributed by atoms with Gasteiger partial charge in [0.05, 0.1) is 24.2 Å². The number of benzene rings is 3. The normalized spacial score (nSPS) is 11.2. The Morgan fingerprint density at radius 3 is 2.43 bits per heavy atom. The molecule has 0 aliphatic carbocycles. The van der Waals surface area contributed by atoms with Crippen LogP contribution in [0.4, 0.5) is 0 Å². The summed E-state index contributed by atoms with van der Waals surface area (Å²) < 4.78 is 8.23. The van der Waals surface area contributed by atoms with Crippen molar-refractivity contribution in [2.24, 2.45) is 5.92 Å². The predicted molar refractivity (Wildman–Crippen MR) is 139 cm³/mol. The molecule has 3 aromatic carbocycles. The van der Waals surface area contributed by atoms with Crippen LogP contribution in [0.25, 0.3) is 28.1 Å². The second kappa shape index (κ2) is 12.2. The number of fused-ring (bicyclic) bond motifs is 1. The third-order valence-electron chi connectivity index (χ3n) is 5.59. The van der Waals surface area contributed by atoms with Crippen molar-refractivity contribution in [3.8, 4) is 22.8 Å². The van der Waals surface area contributed by atoms with Gasteiger partial charge in [0, 0.05) is 23.7 Å². The lowest BCUT2D eigenvalue weighted by molar-refractivity contribution is -0.134. The first-order chi connectivity index (χ1) is 17.1. The van der Waals surface area contributed by atoms with E-state index in [1.165, 1.54) is 0 Å². The fourth-order valence-electron chi connectivity index (χ4n) is 3.86. The number of amides is 1. The topological polar surface area (TPSA) is 65.4 Å². The van der Waals surface area contributed by atoms with Crippen LogP contribution in [0.3, 0.4) is 0 Å². The molecule has 1 N–H and O–H groups in total. The number of nitrogens with one attached hydrogen (secondary N) is 1. The van der Waals surface area contributed by atoms with E-state index in [1.54, 1.807) is 0 Å². The van der Waals surface area contributed by atoms with Crippen LogP contribution in [0.2, 0.25) is 0 Å². The molecule has 1 amide bonds. The van der Waals surface area contributed by atoms with Crippen LogP contribution in [0.15, 0.2) is 78.9 Å². The Kier molecular flexibility index (Phi) is 8.52. The van der Waals surface area contributed by atoms with E-state index >= 15 is 0 Å². The maximum atomic E-state index is 11.8. The number of aromatic nitrogens is 2. The third kappa shape index (κ3) is 6.70. The molecular formula is C29H33N3O3. The number of carbonyl (C=O) groups excluding carboxylic acids is 1. The zero-order chi connectivity index (χ0) is 24.5. The summed E-state index contributed by atoms with van der Waals surface area (Å²) in [7, 11) is 0. The van der Waals surface area contributed by atoms with Crippen molar-refractivity contribution in [2.75, 3.05) is 13.2 Å². The van der Waals surface area contributed by atoms with Gasteiger partial charge in [0.2, 0.25) is 5.91 Å². The van der Waals surface area contributed by atoms with Gasteiger partial charge in [0.15, 0.2) is 0 Å². The minimum Gasteiger partial charge on any atom is -0.494 e. The van der Waals surface area contributed by atoms with Crippen molar-refractivity contribution in [1.29, 1.82) is 0 Å². The molecule has 4 rings (SSSR count). The molecule has 0 spiro atoms.